The number of aliphatic hydroxyl groups excluding tert-OH is 2. The molecule has 0 aromatic heterocycles. The fourth-order valence-electron chi connectivity index (χ4n) is 6.77. The minimum absolute atomic E-state index is 0.0514. The van der Waals surface area contributed by atoms with Crippen molar-refractivity contribution >= 4 is 11.8 Å². The van der Waals surface area contributed by atoms with Crippen molar-refractivity contribution in [1.82, 2.24) is 0 Å². The summed E-state index contributed by atoms with van der Waals surface area (Å²) in [5, 5.41) is 22.6. The average molecular weight is 395 g/mol. The van der Waals surface area contributed by atoms with Crippen LogP contribution in [-0.4, -0.2) is 51.5 Å². The third kappa shape index (κ3) is 2.79. The highest BCUT2D eigenvalue weighted by molar-refractivity contribution is 5.86. The molecular formula is C22H34O6. The number of rotatable bonds is 2. The SMILES string of the molecule is C=CC1(C)CC(=O)C2C(C)(O1)C(OC(C)=O)C(O)[C@H]1C(C)(C)CC[C@H](O)C21C. The standard InChI is InChI=1S/C22H34O6/c1-8-20(5)11-13(24)16-21(6)14(25)9-10-19(3,4)17(21)15(26)18(27-12(2)23)22(16,7)28-20/h8,14-18,25-26H,1,9-11H2,2-7H3/t14-,15?,16?,17-,18?,20?,21?,22?/m0/s1. The Kier molecular flexibility index (Phi) is 4.89. The molecule has 2 N–H and O–H groups in total. The van der Waals surface area contributed by atoms with Crippen molar-refractivity contribution in [3.63, 3.8) is 0 Å². The van der Waals surface area contributed by atoms with E-state index in [-0.39, 0.29) is 17.6 Å². The van der Waals surface area contributed by atoms with Crippen LogP contribution in [0.3, 0.4) is 0 Å². The zero-order valence-electron chi connectivity index (χ0n) is 17.8. The summed E-state index contributed by atoms with van der Waals surface area (Å²) in [7, 11) is 0. The van der Waals surface area contributed by atoms with E-state index in [9.17, 15) is 19.8 Å². The second-order valence-corrected chi connectivity index (χ2v) is 10.3. The van der Waals surface area contributed by atoms with Crippen LogP contribution < -0.4 is 0 Å². The Morgan fingerprint density at radius 3 is 2.39 bits per heavy atom. The van der Waals surface area contributed by atoms with E-state index in [4.69, 9.17) is 9.47 Å². The van der Waals surface area contributed by atoms with E-state index in [1.807, 2.05) is 20.8 Å². The molecule has 0 radical (unpaired) electrons. The van der Waals surface area contributed by atoms with Crippen molar-refractivity contribution in [2.75, 3.05) is 0 Å². The van der Waals surface area contributed by atoms with Crippen molar-refractivity contribution in [2.24, 2.45) is 22.7 Å². The van der Waals surface area contributed by atoms with Crippen LogP contribution in [0.5, 0.6) is 0 Å². The van der Waals surface area contributed by atoms with Gasteiger partial charge in [0.2, 0.25) is 0 Å². The highest BCUT2D eigenvalue weighted by Gasteiger charge is 2.73. The van der Waals surface area contributed by atoms with E-state index in [2.05, 4.69) is 6.58 Å². The molecule has 2 saturated carbocycles. The number of esters is 1. The summed E-state index contributed by atoms with van der Waals surface area (Å²) in [4.78, 5) is 25.4. The van der Waals surface area contributed by atoms with Gasteiger partial charge in [0, 0.05) is 24.7 Å². The second kappa shape index (κ2) is 6.38. The van der Waals surface area contributed by atoms with Gasteiger partial charge in [-0.25, -0.2) is 0 Å². The molecule has 2 aliphatic carbocycles. The van der Waals surface area contributed by atoms with Crippen molar-refractivity contribution in [3.8, 4) is 0 Å². The number of ketones is 1. The summed E-state index contributed by atoms with van der Waals surface area (Å²) < 4.78 is 12.0. The number of hydrogen-bond donors (Lipinski definition) is 2. The molecule has 1 heterocycles. The lowest BCUT2D eigenvalue weighted by atomic mass is 9.41. The first-order valence-corrected chi connectivity index (χ1v) is 10.1. The summed E-state index contributed by atoms with van der Waals surface area (Å²) in [6, 6.07) is 0. The largest absolute Gasteiger partial charge is 0.457 e. The number of carbonyl (C=O) groups is 2. The van der Waals surface area contributed by atoms with Crippen LogP contribution in [0.25, 0.3) is 0 Å². The smallest absolute Gasteiger partial charge is 0.303 e. The van der Waals surface area contributed by atoms with Crippen LogP contribution in [0, 0.1) is 22.7 Å². The predicted octanol–water partition coefficient (Wildman–Crippen LogP) is 2.41. The molecule has 0 spiro atoms. The van der Waals surface area contributed by atoms with Crippen LogP contribution in [0.4, 0.5) is 0 Å². The van der Waals surface area contributed by atoms with Crippen molar-refractivity contribution < 1.29 is 29.3 Å². The summed E-state index contributed by atoms with van der Waals surface area (Å²) in [5.41, 5.74) is -3.44. The van der Waals surface area contributed by atoms with E-state index in [0.717, 1.165) is 0 Å². The summed E-state index contributed by atoms with van der Waals surface area (Å²) in [6.07, 6.45) is 0.128. The molecule has 28 heavy (non-hydrogen) atoms. The van der Waals surface area contributed by atoms with E-state index in [1.54, 1.807) is 19.9 Å². The van der Waals surface area contributed by atoms with Gasteiger partial charge in [0.05, 0.1) is 23.7 Å². The first-order valence-electron chi connectivity index (χ1n) is 10.1. The molecule has 6 unspecified atom stereocenters. The molecule has 8 atom stereocenters. The van der Waals surface area contributed by atoms with Gasteiger partial charge >= 0.3 is 5.97 Å². The van der Waals surface area contributed by atoms with Crippen LogP contribution in [0.1, 0.15) is 60.8 Å². The Labute approximate surface area is 167 Å². The zero-order chi connectivity index (χ0) is 21.3. The Morgan fingerprint density at radius 2 is 1.86 bits per heavy atom. The molecule has 3 rings (SSSR count). The molecule has 6 heteroatoms. The highest BCUT2D eigenvalue weighted by Crippen LogP contribution is 2.65. The van der Waals surface area contributed by atoms with Gasteiger partial charge in [-0.2, -0.15) is 0 Å². The molecule has 0 amide bonds. The Balaban J connectivity index is 2.24. The lowest BCUT2D eigenvalue weighted by Gasteiger charge is -2.68. The fourth-order valence-corrected chi connectivity index (χ4v) is 6.77. The molecule has 3 fully saturated rings. The van der Waals surface area contributed by atoms with E-state index >= 15 is 0 Å². The Hall–Kier alpha value is -1.24. The van der Waals surface area contributed by atoms with Crippen molar-refractivity contribution in [1.29, 1.82) is 0 Å². The van der Waals surface area contributed by atoms with Crippen LogP contribution in [-0.2, 0) is 19.1 Å². The van der Waals surface area contributed by atoms with E-state index in [1.165, 1.54) is 6.92 Å². The number of carbonyl (C=O) groups excluding carboxylic acids is 2. The maximum Gasteiger partial charge on any atom is 0.303 e. The van der Waals surface area contributed by atoms with E-state index < -0.39 is 52.7 Å². The highest BCUT2D eigenvalue weighted by atomic mass is 16.6. The van der Waals surface area contributed by atoms with Gasteiger partial charge in [0.25, 0.3) is 0 Å². The normalized spacial score (nSPS) is 50.3. The minimum atomic E-state index is -1.27. The number of fused-ring (bicyclic) bond motifs is 3. The molecular weight excluding hydrogens is 360 g/mol. The third-order valence-corrected chi connectivity index (χ3v) is 7.73. The number of aliphatic hydroxyl groups is 2. The molecule has 158 valence electrons. The maximum atomic E-state index is 13.5. The molecule has 3 aliphatic rings. The van der Waals surface area contributed by atoms with Crippen LogP contribution >= 0.6 is 0 Å². The quantitative estimate of drug-likeness (QED) is 0.552. The van der Waals surface area contributed by atoms with Crippen molar-refractivity contribution in [3.05, 3.63) is 12.7 Å². The summed E-state index contributed by atoms with van der Waals surface area (Å²) in [6.45, 7) is 14.6. The molecule has 0 aromatic rings. The molecule has 0 aromatic carbocycles. The Morgan fingerprint density at radius 1 is 1.25 bits per heavy atom. The third-order valence-electron chi connectivity index (χ3n) is 7.73. The molecule has 1 saturated heterocycles. The van der Waals surface area contributed by atoms with Gasteiger partial charge in [-0.05, 0) is 32.1 Å². The van der Waals surface area contributed by atoms with Gasteiger partial charge < -0.3 is 19.7 Å². The maximum absolute atomic E-state index is 13.5. The molecule has 0 bridgehead atoms. The van der Waals surface area contributed by atoms with Gasteiger partial charge in [-0.15, -0.1) is 6.58 Å². The van der Waals surface area contributed by atoms with Gasteiger partial charge in [0.1, 0.15) is 11.4 Å². The summed E-state index contributed by atoms with van der Waals surface area (Å²) in [5.74, 6) is -1.72. The van der Waals surface area contributed by atoms with Gasteiger partial charge in [-0.1, -0.05) is 26.8 Å². The monoisotopic (exact) mass is 394 g/mol. The number of ether oxygens (including phenoxy) is 2. The molecule has 6 nitrogen and oxygen atoms in total. The van der Waals surface area contributed by atoms with Crippen LogP contribution in [0.15, 0.2) is 12.7 Å². The minimum Gasteiger partial charge on any atom is -0.457 e. The predicted molar refractivity (Wildman–Crippen MR) is 103 cm³/mol. The van der Waals surface area contributed by atoms with Gasteiger partial charge in [0.15, 0.2) is 6.10 Å². The summed E-state index contributed by atoms with van der Waals surface area (Å²) >= 11 is 0. The lowest BCUT2D eigenvalue weighted by molar-refractivity contribution is -0.321. The van der Waals surface area contributed by atoms with Crippen molar-refractivity contribution in [2.45, 2.75) is 90.3 Å². The van der Waals surface area contributed by atoms with E-state index in [0.29, 0.717) is 12.8 Å². The Bertz CT molecular complexity index is 701. The number of Topliss-reactive ketones (excluding diaryl/α,β-unsaturated/α-hetero) is 1. The zero-order valence-corrected chi connectivity index (χ0v) is 17.8. The second-order valence-electron chi connectivity index (χ2n) is 10.3. The average Bonchev–Trinajstić information content (AvgIpc) is 2.54. The fraction of sp³-hybridized carbons (Fsp3) is 0.818. The first-order chi connectivity index (χ1) is 12.7. The topological polar surface area (TPSA) is 93.1 Å². The lowest BCUT2D eigenvalue weighted by Crippen LogP contribution is -2.77. The van der Waals surface area contributed by atoms with Gasteiger partial charge in [-0.3, -0.25) is 9.59 Å². The van der Waals surface area contributed by atoms with Crippen LogP contribution in [0.2, 0.25) is 0 Å². The number of hydrogen-bond acceptors (Lipinski definition) is 6. The molecule has 1 aliphatic heterocycles. The first kappa shape index (κ1) is 21.5.